The van der Waals surface area contributed by atoms with Crippen molar-refractivity contribution >= 4 is 17.6 Å². The van der Waals surface area contributed by atoms with Crippen LogP contribution in [0.25, 0.3) is 11.4 Å². The summed E-state index contributed by atoms with van der Waals surface area (Å²) in [5.74, 6) is -0.393. The van der Waals surface area contributed by atoms with Crippen molar-refractivity contribution < 1.29 is 17.9 Å². The van der Waals surface area contributed by atoms with Gasteiger partial charge in [-0.3, -0.25) is 0 Å². The maximum Gasteiger partial charge on any atom is 0.387 e. The molecule has 8 heteroatoms. The molecule has 0 fully saturated rings. The third-order valence-electron chi connectivity index (χ3n) is 4.99. The highest BCUT2D eigenvalue weighted by molar-refractivity contribution is 5.95. The molecule has 158 valence electrons. The molecule has 1 atom stereocenters. The van der Waals surface area contributed by atoms with Crippen LogP contribution in [0.15, 0.2) is 84.2 Å². The van der Waals surface area contributed by atoms with Gasteiger partial charge in [-0.25, -0.2) is 4.39 Å². The van der Waals surface area contributed by atoms with Crippen molar-refractivity contribution in [2.24, 2.45) is 5.73 Å². The lowest BCUT2D eigenvalue weighted by atomic mass is 9.98. The zero-order valence-electron chi connectivity index (χ0n) is 16.2. The van der Waals surface area contributed by atoms with Crippen LogP contribution in [0.1, 0.15) is 11.1 Å². The average Bonchev–Trinajstić information content (AvgIpc) is 3.18. The van der Waals surface area contributed by atoms with Crippen LogP contribution < -0.4 is 15.8 Å². The Morgan fingerprint density at radius 3 is 2.58 bits per heavy atom. The molecule has 4 rings (SSSR count). The number of rotatable bonds is 6. The molecule has 0 radical (unpaired) electrons. The van der Waals surface area contributed by atoms with Crippen molar-refractivity contribution in [2.75, 3.05) is 0 Å². The summed E-state index contributed by atoms with van der Waals surface area (Å²) in [5.41, 5.74) is 9.19. The predicted octanol–water partition coefficient (Wildman–Crippen LogP) is 4.43. The fourth-order valence-corrected chi connectivity index (χ4v) is 3.49. The number of ether oxygens (including phenoxy) is 1. The van der Waals surface area contributed by atoms with E-state index in [0.717, 1.165) is 17.5 Å². The molecular formula is C23H19F3N4O. The Kier molecular flexibility index (Phi) is 5.53. The van der Waals surface area contributed by atoms with Crippen LogP contribution in [-0.4, -0.2) is 23.9 Å². The minimum absolute atomic E-state index is 0.0725. The Labute approximate surface area is 177 Å². The summed E-state index contributed by atoms with van der Waals surface area (Å²) < 4.78 is 43.4. The van der Waals surface area contributed by atoms with E-state index in [1.54, 1.807) is 30.3 Å². The molecule has 0 aliphatic carbocycles. The lowest BCUT2D eigenvalue weighted by Crippen LogP contribution is -2.33. The highest BCUT2D eigenvalue weighted by Gasteiger charge is 2.27. The number of nitrogens with zero attached hydrogens (tertiary/aromatic N) is 1. The molecule has 0 spiro atoms. The fraction of sp³-hybridized carbons (Fsp3) is 0.0870. The average molecular weight is 424 g/mol. The Hall–Kier alpha value is -3.94. The van der Waals surface area contributed by atoms with E-state index in [2.05, 4.69) is 10.1 Å². The van der Waals surface area contributed by atoms with Crippen LogP contribution in [-0.2, 0) is 0 Å². The maximum atomic E-state index is 14.2. The van der Waals surface area contributed by atoms with Crippen LogP contribution >= 0.6 is 0 Å². The van der Waals surface area contributed by atoms with Crippen molar-refractivity contribution in [3.8, 4) is 5.75 Å². The van der Waals surface area contributed by atoms with Crippen molar-refractivity contribution in [1.29, 1.82) is 5.41 Å². The summed E-state index contributed by atoms with van der Waals surface area (Å²) in [6, 6.07) is 12.4. The second-order valence-electron chi connectivity index (χ2n) is 6.85. The number of hydrogen-bond donors (Lipinski definition) is 3. The lowest BCUT2D eigenvalue weighted by Gasteiger charge is -2.28. The van der Waals surface area contributed by atoms with Gasteiger partial charge in [0, 0.05) is 35.3 Å². The second-order valence-corrected chi connectivity index (χ2v) is 6.85. The monoisotopic (exact) mass is 424 g/mol. The first-order valence-electron chi connectivity index (χ1n) is 9.43. The SMILES string of the molecule is N=CC(C1=CN2C(c3ccc(OC(F)F)cc3)=CNC2C=C1)=C(N)c1ccccc1F. The third-order valence-corrected chi connectivity index (χ3v) is 4.99. The molecule has 2 aliphatic rings. The van der Waals surface area contributed by atoms with E-state index in [1.807, 2.05) is 29.5 Å². The summed E-state index contributed by atoms with van der Waals surface area (Å²) >= 11 is 0. The number of fused-ring (bicyclic) bond motifs is 1. The molecule has 0 saturated carbocycles. The molecule has 2 aromatic rings. The molecule has 1 unspecified atom stereocenters. The molecule has 0 bridgehead atoms. The van der Waals surface area contributed by atoms with Crippen molar-refractivity contribution in [2.45, 2.75) is 12.8 Å². The van der Waals surface area contributed by atoms with E-state index in [-0.39, 0.29) is 23.2 Å². The molecular weight excluding hydrogens is 405 g/mol. The minimum Gasteiger partial charge on any atom is -0.435 e. The lowest BCUT2D eigenvalue weighted by molar-refractivity contribution is -0.0498. The normalized spacial score (nSPS) is 18.1. The number of nitrogens with two attached hydrogens (primary N) is 1. The van der Waals surface area contributed by atoms with Crippen molar-refractivity contribution in [3.05, 3.63) is 101 Å². The summed E-state index contributed by atoms with van der Waals surface area (Å²) in [7, 11) is 0. The molecule has 0 saturated heterocycles. The first-order chi connectivity index (χ1) is 15.0. The number of nitrogens with one attached hydrogen (secondary N) is 2. The summed E-state index contributed by atoms with van der Waals surface area (Å²) in [6.07, 6.45) is 8.28. The van der Waals surface area contributed by atoms with Crippen LogP contribution in [0.2, 0.25) is 0 Å². The van der Waals surface area contributed by atoms with Gasteiger partial charge < -0.3 is 26.1 Å². The second kappa shape index (κ2) is 8.43. The van der Waals surface area contributed by atoms with Gasteiger partial charge in [-0.2, -0.15) is 8.78 Å². The Morgan fingerprint density at radius 1 is 1.16 bits per heavy atom. The molecule has 4 N–H and O–H groups in total. The number of alkyl halides is 2. The largest absolute Gasteiger partial charge is 0.435 e. The van der Waals surface area contributed by atoms with Crippen molar-refractivity contribution in [3.63, 3.8) is 0 Å². The molecule has 5 nitrogen and oxygen atoms in total. The number of hydrogen-bond acceptors (Lipinski definition) is 5. The Morgan fingerprint density at radius 2 is 1.90 bits per heavy atom. The molecule has 0 amide bonds. The summed E-state index contributed by atoms with van der Waals surface area (Å²) in [6.45, 7) is -2.88. The first kappa shape index (κ1) is 20.3. The van der Waals surface area contributed by atoms with E-state index in [1.165, 1.54) is 18.2 Å². The first-order valence-corrected chi connectivity index (χ1v) is 9.43. The minimum atomic E-state index is -2.88. The molecule has 2 aromatic carbocycles. The molecule has 2 aliphatic heterocycles. The number of allylic oxidation sites excluding steroid dienone is 3. The molecule has 2 heterocycles. The number of halogens is 3. The van der Waals surface area contributed by atoms with Gasteiger partial charge in [0.05, 0.1) is 11.4 Å². The van der Waals surface area contributed by atoms with Gasteiger partial charge in [0.2, 0.25) is 0 Å². The van der Waals surface area contributed by atoms with E-state index in [4.69, 9.17) is 11.1 Å². The van der Waals surface area contributed by atoms with Gasteiger partial charge in [-0.05, 0) is 48.0 Å². The zero-order chi connectivity index (χ0) is 22.0. The Balaban J connectivity index is 1.66. The summed E-state index contributed by atoms with van der Waals surface area (Å²) in [4.78, 5) is 1.93. The maximum absolute atomic E-state index is 14.2. The van der Waals surface area contributed by atoms with E-state index in [0.29, 0.717) is 11.1 Å². The highest BCUT2D eigenvalue weighted by Crippen LogP contribution is 2.33. The smallest absolute Gasteiger partial charge is 0.387 e. The van der Waals surface area contributed by atoms with Gasteiger partial charge >= 0.3 is 6.61 Å². The van der Waals surface area contributed by atoms with Crippen LogP contribution in [0.5, 0.6) is 5.75 Å². The van der Waals surface area contributed by atoms with Gasteiger partial charge in [-0.1, -0.05) is 18.2 Å². The van der Waals surface area contributed by atoms with E-state index >= 15 is 0 Å². The van der Waals surface area contributed by atoms with Crippen LogP contribution in [0, 0.1) is 11.2 Å². The van der Waals surface area contributed by atoms with Crippen LogP contribution in [0.3, 0.4) is 0 Å². The van der Waals surface area contributed by atoms with E-state index < -0.39 is 12.4 Å². The fourth-order valence-electron chi connectivity index (χ4n) is 3.49. The Bertz CT molecular complexity index is 1120. The highest BCUT2D eigenvalue weighted by atomic mass is 19.3. The predicted molar refractivity (Wildman–Crippen MR) is 113 cm³/mol. The quantitative estimate of drug-likeness (QED) is 0.600. The zero-order valence-corrected chi connectivity index (χ0v) is 16.2. The molecule has 0 aromatic heterocycles. The van der Waals surface area contributed by atoms with Gasteiger partial charge in [0.25, 0.3) is 0 Å². The number of benzene rings is 2. The summed E-state index contributed by atoms with van der Waals surface area (Å²) in [5, 5.41) is 11.1. The molecule has 31 heavy (non-hydrogen) atoms. The topological polar surface area (TPSA) is 74.4 Å². The van der Waals surface area contributed by atoms with Gasteiger partial charge in [0.15, 0.2) is 0 Å². The standard InChI is InChI=1S/C23H19F3N4O/c24-19-4-2-1-3-17(19)22(28)18(11-27)15-7-10-21-29-12-20(30(21)13-15)14-5-8-16(9-6-14)31-23(25)26/h1-13,21,23,27,29H,28H2. The van der Waals surface area contributed by atoms with Gasteiger partial charge in [-0.15, -0.1) is 0 Å². The van der Waals surface area contributed by atoms with Gasteiger partial charge in [0.1, 0.15) is 17.7 Å². The van der Waals surface area contributed by atoms with Crippen molar-refractivity contribution in [1.82, 2.24) is 10.2 Å². The third kappa shape index (κ3) is 4.05. The van der Waals surface area contributed by atoms with E-state index in [9.17, 15) is 13.2 Å². The van der Waals surface area contributed by atoms with Crippen LogP contribution in [0.4, 0.5) is 13.2 Å².